The van der Waals surface area contributed by atoms with Gasteiger partial charge in [-0.2, -0.15) is 5.10 Å². The van der Waals surface area contributed by atoms with Gasteiger partial charge in [-0.1, -0.05) is 6.92 Å². The zero-order valence-electron chi connectivity index (χ0n) is 9.91. The standard InChI is InChI=1S/C11H18N4O2/c1-8-5-14(3-2-10(8)16)11(17)7-15-6-9(12)4-13-15/h4,6,8,10,16H,2-3,5,7,12H2,1H3. The molecule has 1 amide bonds. The molecule has 0 radical (unpaired) electrons. The molecule has 0 aliphatic carbocycles. The monoisotopic (exact) mass is 238 g/mol. The van der Waals surface area contributed by atoms with Crippen LogP contribution in [0.25, 0.3) is 0 Å². The number of nitrogens with zero attached hydrogens (tertiary/aromatic N) is 3. The maximum atomic E-state index is 12.0. The van der Waals surface area contributed by atoms with Crippen LogP contribution in [0.4, 0.5) is 5.69 Å². The maximum Gasteiger partial charge on any atom is 0.244 e. The molecule has 6 heteroatoms. The Bertz CT molecular complexity index is 404. The van der Waals surface area contributed by atoms with Gasteiger partial charge in [0, 0.05) is 19.3 Å². The van der Waals surface area contributed by atoms with E-state index in [9.17, 15) is 9.90 Å². The van der Waals surface area contributed by atoms with Gasteiger partial charge in [-0.25, -0.2) is 0 Å². The molecule has 0 saturated carbocycles. The van der Waals surface area contributed by atoms with Gasteiger partial charge in [0.15, 0.2) is 0 Å². The molecule has 2 rings (SSSR count). The Morgan fingerprint density at radius 2 is 2.47 bits per heavy atom. The lowest BCUT2D eigenvalue weighted by Crippen LogP contribution is -2.46. The van der Waals surface area contributed by atoms with Crippen molar-refractivity contribution in [3.63, 3.8) is 0 Å². The molecule has 1 aliphatic heterocycles. The summed E-state index contributed by atoms with van der Waals surface area (Å²) < 4.78 is 1.54. The molecule has 1 aromatic heterocycles. The number of carbonyl (C=O) groups is 1. The number of piperidine rings is 1. The van der Waals surface area contributed by atoms with Gasteiger partial charge in [0.05, 0.1) is 18.0 Å². The minimum Gasteiger partial charge on any atom is -0.396 e. The van der Waals surface area contributed by atoms with Gasteiger partial charge < -0.3 is 15.7 Å². The van der Waals surface area contributed by atoms with E-state index in [1.807, 2.05) is 6.92 Å². The number of anilines is 1. The minimum absolute atomic E-state index is 0.0202. The van der Waals surface area contributed by atoms with Crippen LogP contribution in [0.3, 0.4) is 0 Å². The minimum atomic E-state index is -0.292. The van der Waals surface area contributed by atoms with Crippen LogP contribution >= 0.6 is 0 Å². The quantitative estimate of drug-likeness (QED) is 0.740. The van der Waals surface area contributed by atoms with Gasteiger partial charge in [0.25, 0.3) is 0 Å². The molecule has 0 spiro atoms. The topological polar surface area (TPSA) is 84.4 Å². The smallest absolute Gasteiger partial charge is 0.244 e. The first-order valence-corrected chi connectivity index (χ1v) is 5.80. The van der Waals surface area contributed by atoms with Crippen molar-refractivity contribution in [2.24, 2.45) is 5.92 Å². The summed E-state index contributed by atoms with van der Waals surface area (Å²) in [6, 6.07) is 0. The van der Waals surface area contributed by atoms with E-state index in [0.717, 1.165) is 0 Å². The number of aliphatic hydroxyl groups is 1. The molecule has 94 valence electrons. The average Bonchev–Trinajstić information content (AvgIpc) is 2.68. The number of likely N-dealkylation sites (tertiary alicyclic amines) is 1. The second-order valence-electron chi connectivity index (χ2n) is 4.64. The fourth-order valence-corrected chi connectivity index (χ4v) is 2.06. The number of rotatable bonds is 2. The van der Waals surface area contributed by atoms with Gasteiger partial charge in [-0.3, -0.25) is 9.48 Å². The molecule has 1 aromatic rings. The second-order valence-corrected chi connectivity index (χ2v) is 4.64. The van der Waals surface area contributed by atoms with Crippen LogP contribution in [0.2, 0.25) is 0 Å². The van der Waals surface area contributed by atoms with Gasteiger partial charge in [-0.05, 0) is 12.3 Å². The summed E-state index contributed by atoms with van der Waals surface area (Å²) in [6.07, 6.45) is 3.52. The van der Waals surface area contributed by atoms with Crippen molar-refractivity contribution in [3.8, 4) is 0 Å². The maximum absolute atomic E-state index is 12.0. The first-order valence-electron chi connectivity index (χ1n) is 5.80. The van der Waals surface area contributed by atoms with Gasteiger partial charge >= 0.3 is 0 Å². The molecule has 0 aromatic carbocycles. The molecular formula is C11H18N4O2. The van der Waals surface area contributed by atoms with Gasteiger partial charge in [0.1, 0.15) is 6.54 Å². The van der Waals surface area contributed by atoms with Crippen molar-refractivity contribution in [2.75, 3.05) is 18.8 Å². The number of aromatic nitrogens is 2. The van der Waals surface area contributed by atoms with E-state index in [1.54, 1.807) is 11.1 Å². The molecule has 6 nitrogen and oxygen atoms in total. The summed E-state index contributed by atoms with van der Waals surface area (Å²) in [6.45, 7) is 3.38. The van der Waals surface area contributed by atoms with E-state index in [2.05, 4.69) is 5.10 Å². The first kappa shape index (κ1) is 11.9. The second kappa shape index (κ2) is 4.75. The number of hydrogen-bond acceptors (Lipinski definition) is 4. The molecule has 2 atom stereocenters. The number of aliphatic hydroxyl groups excluding tert-OH is 1. The zero-order chi connectivity index (χ0) is 12.4. The predicted octanol–water partition coefficient (Wildman–Crippen LogP) is -0.305. The highest BCUT2D eigenvalue weighted by molar-refractivity contribution is 5.76. The Morgan fingerprint density at radius 3 is 3.06 bits per heavy atom. The Balaban J connectivity index is 1.92. The molecule has 2 heterocycles. The molecule has 0 bridgehead atoms. The molecule has 17 heavy (non-hydrogen) atoms. The fraction of sp³-hybridized carbons (Fsp3) is 0.636. The molecular weight excluding hydrogens is 220 g/mol. The Kier molecular flexibility index (Phi) is 3.33. The van der Waals surface area contributed by atoms with E-state index in [1.165, 1.54) is 10.9 Å². The number of hydrogen-bond donors (Lipinski definition) is 2. The lowest BCUT2D eigenvalue weighted by molar-refractivity contribution is -0.135. The molecule has 1 aliphatic rings. The Hall–Kier alpha value is -1.56. The summed E-state index contributed by atoms with van der Waals surface area (Å²) in [7, 11) is 0. The highest BCUT2D eigenvalue weighted by Crippen LogP contribution is 2.16. The van der Waals surface area contributed by atoms with Crippen molar-refractivity contribution in [3.05, 3.63) is 12.4 Å². The number of nitrogen functional groups attached to an aromatic ring is 1. The summed E-state index contributed by atoms with van der Waals surface area (Å²) in [5.74, 6) is 0.155. The third-order valence-electron chi connectivity index (χ3n) is 3.16. The van der Waals surface area contributed by atoms with E-state index < -0.39 is 0 Å². The average molecular weight is 238 g/mol. The number of nitrogens with two attached hydrogens (primary N) is 1. The van der Waals surface area contributed by atoms with Crippen LogP contribution in [0.15, 0.2) is 12.4 Å². The van der Waals surface area contributed by atoms with Gasteiger partial charge in [0.2, 0.25) is 5.91 Å². The zero-order valence-corrected chi connectivity index (χ0v) is 9.91. The van der Waals surface area contributed by atoms with Crippen molar-refractivity contribution < 1.29 is 9.90 Å². The number of carbonyl (C=O) groups excluding carboxylic acids is 1. The van der Waals surface area contributed by atoms with Crippen molar-refractivity contribution in [2.45, 2.75) is 26.0 Å². The normalized spacial score (nSPS) is 24.9. The van der Waals surface area contributed by atoms with Crippen molar-refractivity contribution in [1.29, 1.82) is 0 Å². The summed E-state index contributed by atoms with van der Waals surface area (Å²) in [5.41, 5.74) is 6.09. The predicted molar refractivity (Wildman–Crippen MR) is 63.0 cm³/mol. The van der Waals surface area contributed by atoms with Crippen LogP contribution < -0.4 is 5.73 Å². The van der Waals surface area contributed by atoms with E-state index in [4.69, 9.17) is 5.73 Å². The molecule has 2 unspecified atom stereocenters. The van der Waals surface area contributed by atoms with Crippen LogP contribution in [-0.4, -0.2) is 44.9 Å². The third kappa shape index (κ3) is 2.76. The summed E-state index contributed by atoms with van der Waals surface area (Å²) in [5, 5.41) is 13.6. The molecule has 1 saturated heterocycles. The van der Waals surface area contributed by atoms with Crippen LogP contribution in [0.1, 0.15) is 13.3 Å². The lowest BCUT2D eigenvalue weighted by atomic mass is 9.97. The highest BCUT2D eigenvalue weighted by atomic mass is 16.3. The Labute approximate surface area is 100 Å². The summed E-state index contributed by atoms with van der Waals surface area (Å²) >= 11 is 0. The SMILES string of the molecule is CC1CN(C(=O)Cn2cc(N)cn2)CCC1O. The highest BCUT2D eigenvalue weighted by Gasteiger charge is 2.27. The number of amides is 1. The fourth-order valence-electron chi connectivity index (χ4n) is 2.06. The van der Waals surface area contributed by atoms with Crippen LogP contribution in [0.5, 0.6) is 0 Å². The van der Waals surface area contributed by atoms with Crippen LogP contribution in [0, 0.1) is 5.92 Å². The summed E-state index contributed by atoms with van der Waals surface area (Å²) in [4.78, 5) is 13.7. The van der Waals surface area contributed by atoms with E-state index in [0.29, 0.717) is 25.2 Å². The van der Waals surface area contributed by atoms with E-state index >= 15 is 0 Å². The van der Waals surface area contributed by atoms with Crippen molar-refractivity contribution >= 4 is 11.6 Å². The lowest BCUT2D eigenvalue weighted by Gasteiger charge is -2.34. The molecule has 3 N–H and O–H groups in total. The van der Waals surface area contributed by atoms with E-state index in [-0.39, 0.29) is 24.5 Å². The van der Waals surface area contributed by atoms with Gasteiger partial charge in [-0.15, -0.1) is 0 Å². The van der Waals surface area contributed by atoms with Crippen LogP contribution in [-0.2, 0) is 11.3 Å². The first-order chi connectivity index (χ1) is 8.06. The molecule has 1 fully saturated rings. The largest absolute Gasteiger partial charge is 0.396 e. The third-order valence-corrected chi connectivity index (χ3v) is 3.16. The van der Waals surface area contributed by atoms with Crippen molar-refractivity contribution in [1.82, 2.24) is 14.7 Å². The Morgan fingerprint density at radius 1 is 1.71 bits per heavy atom.